The van der Waals surface area contributed by atoms with Gasteiger partial charge >= 0.3 is 0 Å². The summed E-state index contributed by atoms with van der Waals surface area (Å²) in [6.45, 7) is 2.04. The number of benzene rings is 1. The van der Waals surface area contributed by atoms with Crippen molar-refractivity contribution in [1.82, 2.24) is 4.98 Å². The first kappa shape index (κ1) is 10.3. The minimum atomic E-state index is -0.570. The van der Waals surface area contributed by atoms with E-state index >= 15 is 0 Å². The van der Waals surface area contributed by atoms with Gasteiger partial charge in [0.25, 0.3) is 0 Å². The fraction of sp³-hybridized carbons (Fsp3) is 0.231. The molecule has 0 aliphatic carbocycles. The van der Waals surface area contributed by atoms with Crippen LogP contribution in [-0.2, 0) is 6.42 Å². The molecule has 1 aromatic carbocycles. The molecule has 0 fully saturated rings. The molecule has 0 saturated carbocycles. The highest BCUT2D eigenvalue weighted by molar-refractivity contribution is 5.85. The van der Waals surface area contributed by atoms with E-state index in [4.69, 9.17) is 10.5 Å². The highest BCUT2D eigenvalue weighted by atomic mass is 14.7. The van der Waals surface area contributed by atoms with Gasteiger partial charge in [-0.05, 0) is 18.1 Å². The molecule has 3 nitrogen and oxygen atoms in total. The van der Waals surface area contributed by atoms with Gasteiger partial charge in [0.15, 0.2) is 0 Å². The zero-order valence-electron chi connectivity index (χ0n) is 8.99. The molecule has 0 radical (unpaired) electrons. The molecule has 0 aliphatic heterocycles. The first-order valence-corrected chi connectivity index (χ1v) is 5.11. The Hall–Kier alpha value is -2.26. The molecule has 2 aromatic rings. The van der Waals surface area contributed by atoms with E-state index in [0.717, 1.165) is 16.5 Å². The molecule has 0 bridgehead atoms. The summed E-state index contributed by atoms with van der Waals surface area (Å²) in [6, 6.07) is 10.0. The summed E-state index contributed by atoms with van der Waals surface area (Å²) in [6.07, 6.45) is 2.37. The molecular weight excluding hydrogens is 198 g/mol. The number of fused-ring (bicyclic) bond motifs is 1. The maximum Gasteiger partial charge on any atom is 0.137 e. The fourth-order valence-corrected chi connectivity index (χ4v) is 1.87. The third-order valence-electron chi connectivity index (χ3n) is 2.75. The number of aromatic nitrogens is 1. The van der Waals surface area contributed by atoms with Gasteiger partial charge in [0, 0.05) is 23.5 Å². The van der Waals surface area contributed by atoms with Crippen molar-refractivity contribution in [3.05, 3.63) is 35.5 Å². The van der Waals surface area contributed by atoms with Crippen molar-refractivity contribution in [1.29, 1.82) is 10.5 Å². The van der Waals surface area contributed by atoms with Gasteiger partial charge in [-0.15, -0.1) is 0 Å². The summed E-state index contributed by atoms with van der Waals surface area (Å²) in [5.74, 6) is -0.570. The van der Waals surface area contributed by atoms with Gasteiger partial charge in [0.1, 0.15) is 5.92 Å². The second-order valence-corrected chi connectivity index (χ2v) is 3.83. The molecule has 0 unspecified atom stereocenters. The number of para-hydroxylation sites is 1. The molecule has 78 valence electrons. The van der Waals surface area contributed by atoms with Crippen molar-refractivity contribution in [3.63, 3.8) is 0 Å². The van der Waals surface area contributed by atoms with Crippen LogP contribution in [0, 0.1) is 35.5 Å². The molecule has 0 saturated heterocycles. The average molecular weight is 209 g/mol. The quantitative estimate of drug-likeness (QED) is 0.826. The summed E-state index contributed by atoms with van der Waals surface area (Å²) in [5.41, 5.74) is 3.30. The molecule has 16 heavy (non-hydrogen) atoms. The summed E-state index contributed by atoms with van der Waals surface area (Å²) in [7, 11) is 0. The maximum absolute atomic E-state index is 8.77. The van der Waals surface area contributed by atoms with Crippen LogP contribution in [-0.4, -0.2) is 4.98 Å². The maximum atomic E-state index is 8.77. The van der Waals surface area contributed by atoms with E-state index in [1.807, 2.05) is 43.5 Å². The topological polar surface area (TPSA) is 63.4 Å². The third kappa shape index (κ3) is 1.64. The monoisotopic (exact) mass is 209 g/mol. The van der Waals surface area contributed by atoms with Crippen molar-refractivity contribution in [2.24, 2.45) is 5.92 Å². The van der Waals surface area contributed by atoms with Crippen LogP contribution >= 0.6 is 0 Å². The normalized spacial score (nSPS) is 10.2. The summed E-state index contributed by atoms with van der Waals surface area (Å²) in [4.78, 5) is 3.19. The molecule has 1 N–H and O–H groups in total. The predicted octanol–water partition coefficient (Wildman–Crippen LogP) is 2.68. The van der Waals surface area contributed by atoms with Crippen LogP contribution in [0.4, 0.5) is 0 Å². The van der Waals surface area contributed by atoms with Crippen LogP contribution in [0.15, 0.2) is 24.4 Å². The van der Waals surface area contributed by atoms with Crippen LogP contribution in [0.1, 0.15) is 11.1 Å². The van der Waals surface area contributed by atoms with E-state index in [0.29, 0.717) is 6.42 Å². The van der Waals surface area contributed by atoms with Crippen molar-refractivity contribution in [3.8, 4) is 12.1 Å². The Morgan fingerprint density at radius 2 is 2.06 bits per heavy atom. The van der Waals surface area contributed by atoms with Crippen molar-refractivity contribution < 1.29 is 0 Å². The number of hydrogen-bond donors (Lipinski definition) is 1. The Morgan fingerprint density at radius 1 is 1.31 bits per heavy atom. The Labute approximate surface area is 93.9 Å². The van der Waals surface area contributed by atoms with E-state index in [1.165, 1.54) is 5.56 Å². The van der Waals surface area contributed by atoms with Gasteiger partial charge in [-0.2, -0.15) is 10.5 Å². The summed E-state index contributed by atoms with van der Waals surface area (Å²) in [5, 5.41) is 18.6. The lowest BCUT2D eigenvalue weighted by atomic mass is 10.0. The standard InChI is InChI=1S/C13H11N3/c1-9-3-2-4-12-11(8-16-13(9)12)5-10(6-14)7-15/h2-4,8,10,16H,5H2,1H3. The molecule has 0 atom stereocenters. The molecule has 3 heteroatoms. The molecule has 1 heterocycles. The Balaban J connectivity index is 2.45. The largest absolute Gasteiger partial charge is 0.361 e. The van der Waals surface area contributed by atoms with Gasteiger partial charge in [-0.25, -0.2) is 0 Å². The number of nitrogens with one attached hydrogen (secondary N) is 1. The Morgan fingerprint density at radius 3 is 2.75 bits per heavy atom. The van der Waals surface area contributed by atoms with Gasteiger partial charge in [0.2, 0.25) is 0 Å². The molecule has 0 amide bonds. The zero-order chi connectivity index (χ0) is 11.5. The van der Waals surface area contributed by atoms with Crippen molar-refractivity contribution in [2.45, 2.75) is 13.3 Å². The van der Waals surface area contributed by atoms with Crippen LogP contribution in [0.5, 0.6) is 0 Å². The number of nitriles is 2. The number of hydrogen-bond acceptors (Lipinski definition) is 2. The predicted molar refractivity (Wildman–Crippen MR) is 61.5 cm³/mol. The molecule has 1 aromatic heterocycles. The molecule has 0 aliphatic rings. The highest BCUT2D eigenvalue weighted by Crippen LogP contribution is 2.23. The van der Waals surface area contributed by atoms with Crippen LogP contribution in [0.3, 0.4) is 0 Å². The molecule has 0 spiro atoms. The average Bonchev–Trinajstić information content (AvgIpc) is 2.71. The number of nitrogens with zero attached hydrogens (tertiary/aromatic N) is 2. The van der Waals surface area contributed by atoms with Crippen LogP contribution in [0.25, 0.3) is 10.9 Å². The van der Waals surface area contributed by atoms with Gasteiger partial charge in [-0.3, -0.25) is 0 Å². The zero-order valence-corrected chi connectivity index (χ0v) is 8.99. The van der Waals surface area contributed by atoms with Gasteiger partial charge < -0.3 is 4.98 Å². The number of rotatable bonds is 2. The molecule has 2 rings (SSSR count). The van der Waals surface area contributed by atoms with E-state index in [9.17, 15) is 0 Å². The van der Waals surface area contributed by atoms with Crippen molar-refractivity contribution >= 4 is 10.9 Å². The number of aryl methyl sites for hydroxylation is 1. The van der Waals surface area contributed by atoms with E-state index in [2.05, 4.69) is 4.98 Å². The van der Waals surface area contributed by atoms with Crippen LogP contribution in [0.2, 0.25) is 0 Å². The number of aromatic amines is 1. The van der Waals surface area contributed by atoms with E-state index in [-0.39, 0.29) is 0 Å². The van der Waals surface area contributed by atoms with E-state index < -0.39 is 5.92 Å². The summed E-state index contributed by atoms with van der Waals surface area (Å²) < 4.78 is 0. The summed E-state index contributed by atoms with van der Waals surface area (Å²) >= 11 is 0. The lowest BCUT2D eigenvalue weighted by Crippen LogP contribution is -1.97. The number of H-pyrrole nitrogens is 1. The van der Waals surface area contributed by atoms with E-state index in [1.54, 1.807) is 0 Å². The first-order valence-electron chi connectivity index (χ1n) is 5.11. The fourth-order valence-electron chi connectivity index (χ4n) is 1.87. The second kappa shape index (κ2) is 4.08. The SMILES string of the molecule is Cc1cccc2c(CC(C#N)C#N)c[nH]c12. The van der Waals surface area contributed by atoms with Crippen LogP contribution < -0.4 is 0 Å². The Bertz CT molecular complexity index is 582. The first-order chi connectivity index (χ1) is 7.76. The lowest BCUT2D eigenvalue weighted by Gasteiger charge is -1.99. The minimum absolute atomic E-state index is 0.483. The highest BCUT2D eigenvalue weighted by Gasteiger charge is 2.11. The molecular formula is C13H11N3. The van der Waals surface area contributed by atoms with Crippen molar-refractivity contribution in [2.75, 3.05) is 0 Å². The third-order valence-corrected chi connectivity index (χ3v) is 2.75. The minimum Gasteiger partial charge on any atom is -0.361 e. The second-order valence-electron chi connectivity index (χ2n) is 3.83. The van der Waals surface area contributed by atoms with Gasteiger partial charge in [0.05, 0.1) is 12.1 Å². The van der Waals surface area contributed by atoms with Gasteiger partial charge in [-0.1, -0.05) is 18.2 Å². The smallest absolute Gasteiger partial charge is 0.137 e. The Kier molecular flexibility index (Phi) is 2.62. The lowest BCUT2D eigenvalue weighted by molar-refractivity contribution is 0.839.